The van der Waals surface area contributed by atoms with Crippen molar-refractivity contribution < 1.29 is 13.2 Å². The van der Waals surface area contributed by atoms with Gasteiger partial charge >= 0.3 is 6.18 Å². The Bertz CT molecular complexity index is 567. The summed E-state index contributed by atoms with van der Waals surface area (Å²) in [7, 11) is 0. The van der Waals surface area contributed by atoms with Crippen LogP contribution < -0.4 is 10.6 Å². The Morgan fingerprint density at radius 3 is 2.46 bits per heavy atom. The number of benzene rings is 1. The number of likely N-dealkylation sites (tertiary alicyclic amines) is 1. The van der Waals surface area contributed by atoms with Crippen LogP contribution in [0.5, 0.6) is 0 Å². The molecule has 8 heteroatoms. The van der Waals surface area contributed by atoms with Crippen molar-refractivity contribution in [2.75, 3.05) is 26.2 Å². The van der Waals surface area contributed by atoms with Crippen LogP contribution in [0.15, 0.2) is 29.3 Å². The molecule has 1 aromatic rings. The summed E-state index contributed by atoms with van der Waals surface area (Å²) >= 11 is 5.91. The molecule has 26 heavy (non-hydrogen) atoms. The van der Waals surface area contributed by atoms with Crippen molar-refractivity contribution in [3.05, 3.63) is 34.9 Å². The third-order valence-corrected chi connectivity index (χ3v) is 4.51. The number of rotatable bonds is 6. The van der Waals surface area contributed by atoms with E-state index in [1.807, 2.05) is 31.2 Å². The molecule has 1 saturated heterocycles. The number of hydrogen-bond donors (Lipinski definition) is 2. The van der Waals surface area contributed by atoms with Gasteiger partial charge in [-0.25, -0.2) is 0 Å². The zero-order chi connectivity index (χ0) is 19.0. The highest BCUT2D eigenvalue weighted by Crippen LogP contribution is 2.19. The highest BCUT2D eigenvalue weighted by Gasteiger charge is 2.26. The topological polar surface area (TPSA) is 39.7 Å². The van der Waals surface area contributed by atoms with Crippen molar-refractivity contribution in [1.82, 2.24) is 15.5 Å². The van der Waals surface area contributed by atoms with E-state index in [4.69, 9.17) is 11.6 Å². The fourth-order valence-electron chi connectivity index (χ4n) is 2.89. The molecule has 0 aliphatic carbocycles. The number of aliphatic imine (C=N–C) groups is 1. The largest absolute Gasteiger partial charge is 0.390 e. The van der Waals surface area contributed by atoms with Crippen LogP contribution in [0.2, 0.25) is 5.02 Å². The van der Waals surface area contributed by atoms with Crippen LogP contribution in [0.4, 0.5) is 13.2 Å². The van der Waals surface area contributed by atoms with Crippen molar-refractivity contribution in [2.24, 2.45) is 4.99 Å². The minimum atomic E-state index is -4.17. The second-order valence-electron chi connectivity index (χ2n) is 6.45. The molecule has 0 atom stereocenters. The molecular weight excluding hydrogens is 365 g/mol. The lowest BCUT2D eigenvalue weighted by Gasteiger charge is -2.33. The number of alkyl halides is 3. The smallest absolute Gasteiger partial charge is 0.357 e. The molecule has 0 radical (unpaired) electrons. The van der Waals surface area contributed by atoms with Crippen molar-refractivity contribution >= 4 is 17.6 Å². The fourth-order valence-corrected chi connectivity index (χ4v) is 3.02. The normalized spacial score (nSPS) is 17.3. The Hall–Kier alpha value is -1.47. The van der Waals surface area contributed by atoms with Crippen molar-refractivity contribution in [1.29, 1.82) is 0 Å². The minimum Gasteiger partial charge on any atom is -0.357 e. The summed E-state index contributed by atoms with van der Waals surface area (Å²) in [5, 5.41) is 7.01. The molecule has 2 rings (SSSR count). The van der Waals surface area contributed by atoms with Crippen LogP contribution in [-0.4, -0.2) is 49.3 Å². The minimum absolute atomic E-state index is 0.222. The number of hydrogen-bond acceptors (Lipinski definition) is 2. The van der Waals surface area contributed by atoms with E-state index < -0.39 is 12.6 Å². The van der Waals surface area contributed by atoms with Gasteiger partial charge in [-0.15, -0.1) is 0 Å². The van der Waals surface area contributed by atoms with Gasteiger partial charge < -0.3 is 10.6 Å². The highest BCUT2D eigenvalue weighted by molar-refractivity contribution is 6.30. The molecule has 146 valence electrons. The van der Waals surface area contributed by atoms with Crippen LogP contribution in [0.25, 0.3) is 0 Å². The zero-order valence-electron chi connectivity index (χ0n) is 14.9. The molecule has 0 spiro atoms. The first-order valence-electron chi connectivity index (χ1n) is 8.94. The van der Waals surface area contributed by atoms with Crippen molar-refractivity contribution in [3.63, 3.8) is 0 Å². The van der Waals surface area contributed by atoms with Gasteiger partial charge in [0.1, 0.15) is 0 Å². The van der Waals surface area contributed by atoms with Crippen LogP contribution in [-0.2, 0) is 6.54 Å². The number of nitrogens with one attached hydrogen (secondary N) is 2. The summed E-state index contributed by atoms with van der Waals surface area (Å²) in [5.74, 6) is 0.466. The molecule has 4 nitrogen and oxygen atoms in total. The second-order valence-corrected chi connectivity index (χ2v) is 6.88. The Morgan fingerprint density at radius 2 is 1.88 bits per heavy atom. The maximum absolute atomic E-state index is 12.3. The standard InChI is InChI=1S/C18H26ClF3N4/c1-2-23-17(24-10-9-18(20,21)22)25-16-7-11-26(12-8-16)13-14-3-5-15(19)6-4-14/h3-6,16H,2,7-13H2,1H3,(H2,23,24,25). The molecule has 1 aromatic carbocycles. The monoisotopic (exact) mass is 390 g/mol. The Labute approximate surface area is 157 Å². The first-order valence-corrected chi connectivity index (χ1v) is 9.32. The van der Waals surface area contributed by atoms with Gasteiger partial charge in [-0.1, -0.05) is 23.7 Å². The van der Waals surface area contributed by atoms with Gasteiger partial charge in [0, 0.05) is 37.2 Å². The lowest BCUT2D eigenvalue weighted by Crippen LogP contribution is -2.48. The SMILES string of the molecule is CCNC(=NCCC(F)(F)F)NC1CCN(Cc2ccc(Cl)cc2)CC1. The summed E-state index contributed by atoms with van der Waals surface area (Å²) in [6.07, 6.45) is -3.22. The summed E-state index contributed by atoms with van der Waals surface area (Å²) in [4.78, 5) is 6.41. The van der Waals surface area contributed by atoms with E-state index in [9.17, 15) is 13.2 Å². The molecule has 0 saturated carbocycles. The average Bonchev–Trinajstić information content (AvgIpc) is 2.58. The summed E-state index contributed by atoms with van der Waals surface area (Å²) in [6.45, 7) is 5.01. The van der Waals surface area contributed by atoms with Crippen molar-refractivity contribution in [3.8, 4) is 0 Å². The van der Waals surface area contributed by atoms with Crippen LogP contribution >= 0.6 is 11.6 Å². The van der Waals surface area contributed by atoms with Gasteiger partial charge in [0.2, 0.25) is 0 Å². The molecule has 0 amide bonds. The lowest BCUT2D eigenvalue weighted by atomic mass is 10.0. The van der Waals surface area contributed by atoms with E-state index in [1.165, 1.54) is 5.56 Å². The Balaban J connectivity index is 1.78. The van der Waals surface area contributed by atoms with Gasteiger partial charge in [0.25, 0.3) is 0 Å². The predicted octanol–water partition coefficient (Wildman–Crippen LogP) is 3.81. The number of guanidine groups is 1. The molecular formula is C18H26ClF3N4. The maximum atomic E-state index is 12.3. The average molecular weight is 391 g/mol. The molecule has 0 bridgehead atoms. The van der Waals surface area contributed by atoms with Crippen LogP contribution in [0.1, 0.15) is 31.7 Å². The van der Waals surface area contributed by atoms with Crippen LogP contribution in [0, 0.1) is 0 Å². The fraction of sp³-hybridized carbons (Fsp3) is 0.611. The first-order chi connectivity index (χ1) is 12.4. The molecule has 1 fully saturated rings. The molecule has 1 aliphatic rings. The van der Waals surface area contributed by atoms with Gasteiger partial charge in [0.05, 0.1) is 13.0 Å². The van der Waals surface area contributed by atoms with E-state index in [-0.39, 0.29) is 12.6 Å². The third kappa shape index (κ3) is 7.83. The summed E-state index contributed by atoms with van der Waals surface area (Å²) in [6, 6.07) is 8.07. The predicted molar refractivity (Wildman–Crippen MR) is 99.5 cm³/mol. The van der Waals surface area contributed by atoms with Gasteiger partial charge in [-0.3, -0.25) is 9.89 Å². The Kier molecular flexibility index (Phi) is 8.03. The summed E-state index contributed by atoms with van der Waals surface area (Å²) in [5.41, 5.74) is 1.22. The first kappa shape index (κ1) is 20.8. The zero-order valence-corrected chi connectivity index (χ0v) is 15.7. The maximum Gasteiger partial charge on any atom is 0.390 e. The van der Waals surface area contributed by atoms with Gasteiger partial charge in [-0.05, 0) is 37.5 Å². The Morgan fingerprint density at radius 1 is 1.23 bits per heavy atom. The molecule has 0 unspecified atom stereocenters. The van der Waals surface area contributed by atoms with Gasteiger partial charge in [-0.2, -0.15) is 13.2 Å². The number of piperidine rings is 1. The van der Waals surface area contributed by atoms with Crippen LogP contribution in [0.3, 0.4) is 0 Å². The third-order valence-electron chi connectivity index (χ3n) is 4.26. The van der Waals surface area contributed by atoms with Gasteiger partial charge in [0.15, 0.2) is 5.96 Å². The quantitative estimate of drug-likeness (QED) is 0.573. The highest BCUT2D eigenvalue weighted by atomic mass is 35.5. The van der Waals surface area contributed by atoms with E-state index >= 15 is 0 Å². The number of nitrogens with zero attached hydrogens (tertiary/aromatic N) is 2. The molecule has 0 aromatic heterocycles. The van der Waals surface area contributed by atoms with E-state index in [2.05, 4.69) is 20.5 Å². The molecule has 1 heterocycles. The van der Waals surface area contributed by atoms with Crippen molar-refractivity contribution in [2.45, 2.75) is 44.9 Å². The second kappa shape index (κ2) is 10.0. The van der Waals surface area contributed by atoms with E-state index in [0.29, 0.717) is 12.5 Å². The molecule has 1 aliphatic heterocycles. The molecule has 2 N–H and O–H groups in total. The number of halogens is 4. The lowest BCUT2D eigenvalue weighted by molar-refractivity contribution is -0.132. The summed E-state index contributed by atoms with van der Waals surface area (Å²) < 4.78 is 36.8. The van der Waals surface area contributed by atoms with E-state index in [1.54, 1.807) is 0 Å². The van der Waals surface area contributed by atoms with E-state index in [0.717, 1.165) is 37.5 Å².